The molecule has 4 heteroatoms. The van der Waals surface area contributed by atoms with Crippen molar-refractivity contribution in [1.82, 2.24) is 0 Å². The second-order valence-electron chi connectivity index (χ2n) is 1.87. The van der Waals surface area contributed by atoms with Crippen molar-refractivity contribution in [2.45, 2.75) is 6.92 Å². The van der Waals surface area contributed by atoms with Gasteiger partial charge >= 0.3 is 57.7 Å². The molecule has 1 aromatic rings. The first kappa shape index (κ1) is 17.6. The zero-order valence-electron chi connectivity index (χ0n) is 5.94. The SMILES string of the molecule is Cc1cc[c]([Ge+3])cc1.[Cl-].[Cl-].[Cl-]. The average Bonchev–Trinajstić information content (AvgIpc) is 1.77. The molecule has 0 saturated heterocycles. The van der Waals surface area contributed by atoms with Crippen LogP contribution in [0.25, 0.3) is 0 Å². The van der Waals surface area contributed by atoms with Crippen molar-refractivity contribution in [1.29, 1.82) is 0 Å². The molecule has 0 aliphatic heterocycles. The van der Waals surface area contributed by atoms with Crippen molar-refractivity contribution in [3.05, 3.63) is 29.8 Å². The summed E-state index contributed by atoms with van der Waals surface area (Å²) >= 11 is 2.10. The molecule has 0 aliphatic carbocycles. The summed E-state index contributed by atoms with van der Waals surface area (Å²) in [7, 11) is 0. The van der Waals surface area contributed by atoms with Crippen LogP contribution in [0.15, 0.2) is 24.3 Å². The van der Waals surface area contributed by atoms with Gasteiger partial charge in [0, 0.05) is 0 Å². The molecular weight excluding hydrogens is 263 g/mol. The van der Waals surface area contributed by atoms with Gasteiger partial charge in [0.1, 0.15) is 0 Å². The zero-order chi connectivity index (χ0) is 5.98. The molecule has 1 aromatic carbocycles. The molecule has 0 N–H and O–H groups in total. The van der Waals surface area contributed by atoms with Crippen LogP contribution < -0.4 is 41.6 Å². The Morgan fingerprint density at radius 1 is 0.909 bits per heavy atom. The molecule has 0 fully saturated rings. The number of halogens is 3. The Morgan fingerprint density at radius 3 is 1.55 bits per heavy atom. The fourth-order valence-electron chi connectivity index (χ4n) is 0.554. The van der Waals surface area contributed by atoms with Crippen molar-refractivity contribution < 1.29 is 37.2 Å². The topological polar surface area (TPSA) is 0 Å². The van der Waals surface area contributed by atoms with Crippen LogP contribution in [0.5, 0.6) is 0 Å². The van der Waals surface area contributed by atoms with E-state index < -0.39 is 0 Å². The van der Waals surface area contributed by atoms with Gasteiger partial charge in [0.25, 0.3) is 0 Å². The van der Waals surface area contributed by atoms with Gasteiger partial charge in [-0.05, 0) is 0 Å². The molecule has 0 saturated carbocycles. The predicted molar refractivity (Wildman–Crippen MR) is 36.6 cm³/mol. The van der Waals surface area contributed by atoms with Crippen molar-refractivity contribution in [3.63, 3.8) is 0 Å². The second kappa shape index (κ2) is 8.73. The molecule has 0 heterocycles. The molecule has 0 spiro atoms. The first-order valence-electron chi connectivity index (χ1n) is 2.57. The Kier molecular flexibility index (Phi) is 14.0. The molecule has 11 heavy (non-hydrogen) atoms. The Hall–Kier alpha value is 0.633. The minimum atomic E-state index is 0. The van der Waals surface area contributed by atoms with Gasteiger partial charge < -0.3 is 37.2 Å². The van der Waals surface area contributed by atoms with Gasteiger partial charge in [0.15, 0.2) is 0 Å². The van der Waals surface area contributed by atoms with Gasteiger partial charge in [-0.15, -0.1) is 0 Å². The summed E-state index contributed by atoms with van der Waals surface area (Å²) < 4.78 is 1.33. The van der Waals surface area contributed by atoms with Crippen LogP contribution >= 0.6 is 0 Å². The Morgan fingerprint density at radius 2 is 1.27 bits per heavy atom. The van der Waals surface area contributed by atoms with Crippen LogP contribution in [-0.4, -0.2) is 16.5 Å². The van der Waals surface area contributed by atoms with Crippen LogP contribution in [0.3, 0.4) is 0 Å². The van der Waals surface area contributed by atoms with Crippen LogP contribution in [0.1, 0.15) is 5.56 Å². The maximum atomic E-state index is 2.12. The molecule has 0 aromatic heterocycles. The number of aryl methyl sites for hydroxylation is 1. The van der Waals surface area contributed by atoms with Crippen molar-refractivity contribution >= 4 is 20.9 Å². The number of hydrogen-bond donors (Lipinski definition) is 0. The van der Waals surface area contributed by atoms with Crippen LogP contribution in [0.2, 0.25) is 0 Å². The zero-order valence-corrected chi connectivity index (χ0v) is 10.3. The molecule has 0 atom stereocenters. The normalized spacial score (nSPS) is 6.82. The van der Waals surface area contributed by atoms with E-state index in [2.05, 4.69) is 47.7 Å². The van der Waals surface area contributed by atoms with Crippen molar-refractivity contribution in [3.8, 4) is 0 Å². The predicted octanol–water partition coefficient (Wildman–Crippen LogP) is -8.20. The second-order valence-corrected chi connectivity index (χ2v) is 3.08. The number of hydrogen-bond acceptors (Lipinski definition) is 0. The standard InChI is InChI=1S/C7H7Ge.3ClH/c1-6-2-4-7(8)5-3-6;;;/h2-5H,1H3;3*1H/q+3;;;/p-3. The Bertz CT molecular complexity index is 153. The van der Waals surface area contributed by atoms with E-state index in [0.717, 1.165) is 0 Å². The van der Waals surface area contributed by atoms with E-state index in [1.54, 1.807) is 0 Å². The van der Waals surface area contributed by atoms with Crippen LogP contribution in [-0.2, 0) is 0 Å². The molecule has 0 bridgehead atoms. The molecule has 60 valence electrons. The molecule has 0 aliphatic rings. The quantitative estimate of drug-likeness (QED) is 0.411. The van der Waals surface area contributed by atoms with E-state index in [1.807, 2.05) is 0 Å². The van der Waals surface area contributed by atoms with Crippen LogP contribution in [0, 0.1) is 6.92 Å². The number of benzene rings is 1. The van der Waals surface area contributed by atoms with Gasteiger partial charge in [0.05, 0.1) is 0 Å². The van der Waals surface area contributed by atoms with Gasteiger partial charge in [-0.3, -0.25) is 0 Å². The van der Waals surface area contributed by atoms with E-state index >= 15 is 0 Å². The molecule has 0 radical (unpaired) electrons. The monoisotopic (exact) mass is 270 g/mol. The van der Waals surface area contributed by atoms with Gasteiger partial charge in [-0.25, -0.2) is 0 Å². The third-order valence-electron chi connectivity index (χ3n) is 1.05. The molecule has 0 nitrogen and oxygen atoms in total. The van der Waals surface area contributed by atoms with Gasteiger partial charge in [-0.2, -0.15) is 0 Å². The maximum absolute atomic E-state index is 2.12. The third kappa shape index (κ3) is 7.01. The van der Waals surface area contributed by atoms with E-state index in [-0.39, 0.29) is 37.2 Å². The van der Waals surface area contributed by atoms with E-state index in [9.17, 15) is 0 Å². The Balaban J connectivity index is -0.000000213. The largest absolute Gasteiger partial charge is 1.00 e. The minimum absolute atomic E-state index is 0. The summed E-state index contributed by atoms with van der Waals surface area (Å²) in [5, 5.41) is 0. The molecular formula is C7H7Cl3Ge. The summed E-state index contributed by atoms with van der Waals surface area (Å²) in [5.41, 5.74) is 1.33. The summed E-state index contributed by atoms with van der Waals surface area (Å²) in [6.07, 6.45) is 0. The first-order valence-corrected chi connectivity index (χ1v) is 3.62. The summed E-state index contributed by atoms with van der Waals surface area (Å²) in [4.78, 5) is 0. The minimum Gasteiger partial charge on any atom is -1.00 e. The fourth-order valence-corrected chi connectivity index (χ4v) is 0.903. The Labute approximate surface area is 94.6 Å². The molecule has 0 unspecified atom stereocenters. The summed E-state index contributed by atoms with van der Waals surface area (Å²) in [5.74, 6) is 0. The van der Waals surface area contributed by atoms with E-state index in [1.165, 1.54) is 9.96 Å². The molecule has 1 rings (SSSR count). The summed E-state index contributed by atoms with van der Waals surface area (Å²) in [6.45, 7) is 2.10. The fraction of sp³-hybridized carbons (Fsp3) is 0.143. The van der Waals surface area contributed by atoms with Gasteiger partial charge in [-0.1, -0.05) is 0 Å². The maximum Gasteiger partial charge on any atom is -1.00 e. The van der Waals surface area contributed by atoms with E-state index in [0.29, 0.717) is 0 Å². The molecule has 0 amide bonds. The average molecular weight is 270 g/mol. The summed E-state index contributed by atoms with van der Waals surface area (Å²) in [6, 6.07) is 8.48. The van der Waals surface area contributed by atoms with Crippen molar-refractivity contribution in [2.75, 3.05) is 0 Å². The smallest absolute Gasteiger partial charge is 1.00 e. The van der Waals surface area contributed by atoms with Gasteiger partial charge in [0.2, 0.25) is 0 Å². The van der Waals surface area contributed by atoms with Crippen molar-refractivity contribution in [2.24, 2.45) is 0 Å². The first-order chi connectivity index (χ1) is 3.79. The number of rotatable bonds is 0. The van der Waals surface area contributed by atoms with E-state index in [4.69, 9.17) is 0 Å². The third-order valence-corrected chi connectivity index (χ3v) is 1.75. The van der Waals surface area contributed by atoms with Crippen LogP contribution in [0.4, 0.5) is 0 Å².